The van der Waals surface area contributed by atoms with Gasteiger partial charge in [0.1, 0.15) is 0 Å². The highest BCUT2D eigenvalue weighted by Gasteiger charge is 2.04. The number of hydrogen-bond donors (Lipinski definition) is 1. The van der Waals surface area contributed by atoms with Crippen LogP contribution in [0.1, 0.15) is 31.2 Å². The van der Waals surface area contributed by atoms with E-state index in [2.05, 4.69) is 56.2 Å². The molecule has 0 bridgehead atoms. The lowest BCUT2D eigenvalue weighted by molar-refractivity contribution is 0.598. The molecule has 1 rings (SSSR count). The first-order valence-electron chi connectivity index (χ1n) is 5.93. The van der Waals surface area contributed by atoms with Crippen LogP contribution in [0.3, 0.4) is 0 Å². The van der Waals surface area contributed by atoms with E-state index in [-0.39, 0.29) is 0 Å². The van der Waals surface area contributed by atoms with Gasteiger partial charge in [0.05, 0.1) is 0 Å². The number of hydrogen-bond acceptors (Lipinski definition) is 3. The molecule has 16 heavy (non-hydrogen) atoms. The molecule has 0 spiro atoms. The Morgan fingerprint density at radius 2 is 2.06 bits per heavy atom. The van der Waals surface area contributed by atoms with Crippen LogP contribution in [-0.2, 0) is 6.54 Å². The van der Waals surface area contributed by atoms with E-state index >= 15 is 0 Å². The molecule has 1 nitrogen and oxygen atoms in total. The summed E-state index contributed by atoms with van der Waals surface area (Å²) in [6.45, 7) is 10.0. The summed E-state index contributed by atoms with van der Waals surface area (Å²) in [6, 6.07) is 2.80. The van der Waals surface area contributed by atoms with Crippen molar-refractivity contribution in [3.8, 4) is 0 Å². The molecule has 1 heterocycles. The Bertz CT molecular complexity index is 294. The van der Waals surface area contributed by atoms with Crippen molar-refractivity contribution in [2.24, 2.45) is 5.92 Å². The largest absolute Gasteiger partial charge is 0.309 e. The van der Waals surface area contributed by atoms with Crippen molar-refractivity contribution in [2.75, 3.05) is 11.5 Å². The molecule has 1 unspecified atom stereocenters. The lowest BCUT2D eigenvalue weighted by Crippen LogP contribution is -2.27. The van der Waals surface area contributed by atoms with Crippen molar-refractivity contribution in [3.63, 3.8) is 0 Å². The second kappa shape index (κ2) is 7.36. The molecular weight excluding hydrogens is 234 g/mol. The van der Waals surface area contributed by atoms with Crippen molar-refractivity contribution in [3.05, 3.63) is 21.9 Å². The topological polar surface area (TPSA) is 12.0 Å². The fourth-order valence-electron chi connectivity index (χ4n) is 1.39. The SMILES string of the molecule is Cc1ccsc1CNC(C)CSCC(C)C. The van der Waals surface area contributed by atoms with E-state index in [9.17, 15) is 0 Å². The molecule has 1 aromatic rings. The third kappa shape index (κ3) is 5.37. The fourth-order valence-corrected chi connectivity index (χ4v) is 3.33. The number of thiophene rings is 1. The van der Waals surface area contributed by atoms with Crippen LogP contribution in [0.15, 0.2) is 11.4 Å². The summed E-state index contributed by atoms with van der Waals surface area (Å²) < 4.78 is 0. The van der Waals surface area contributed by atoms with Gasteiger partial charge in [0, 0.05) is 23.2 Å². The molecule has 1 atom stereocenters. The van der Waals surface area contributed by atoms with Gasteiger partial charge in [0.25, 0.3) is 0 Å². The van der Waals surface area contributed by atoms with Gasteiger partial charge in [-0.05, 0) is 42.5 Å². The zero-order valence-corrected chi connectivity index (χ0v) is 12.4. The van der Waals surface area contributed by atoms with Crippen LogP contribution in [-0.4, -0.2) is 17.5 Å². The van der Waals surface area contributed by atoms with Gasteiger partial charge in [-0.2, -0.15) is 11.8 Å². The van der Waals surface area contributed by atoms with Gasteiger partial charge in [-0.1, -0.05) is 13.8 Å². The molecule has 0 aromatic carbocycles. The third-order valence-corrected chi connectivity index (χ3v) is 5.06. The van der Waals surface area contributed by atoms with Crippen LogP contribution < -0.4 is 5.32 Å². The maximum Gasteiger partial charge on any atom is 0.0305 e. The second-order valence-corrected chi connectivity index (χ2v) is 6.82. The first kappa shape index (κ1) is 14.1. The van der Waals surface area contributed by atoms with E-state index < -0.39 is 0 Å². The van der Waals surface area contributed by atoms with E-state index in [1.807, 2.05) is 11.3 Å². The van der Waals surface area contributed by atoms with Crippen LogP contribution >= 0.6 is 23.1 Å². The smallest absolute Gasteiger partial charge is 0.0305 e. The molecule has 0 fully saturated rings. The molecular formula is C13H23NS2. The van der Waals surface area contributed by atoms with E-state index in [1.54, 1.807) is 0 Å². The van der Waals surface area contributed by atoms with E-state index in [0.29, 0.717) is 6.04 Å². The molecule has 1 N–H and O–H groups in total. The first-order valence-corrected chi connectivity index (χ1v) is 7.97. The van der Waals surface area contributed by atoms with Gasteiger partial charge in [0.2, 0.25) is 0 Å². The number of aryl methyl sites for hydroxylation is 1. The van der Waals surface area contributed by atoms with Crippen LogP contribution in [0.5, 0.6) is 0 Å². The predicted molar refractivity (Wildman–Crippen MR) is 77.5 cm³/mol. The lowest BCUT2D eigenvalue weighted by atomic mass is 10.3. The summed E-state index contributed by atoms with van der Waals surface area (Å²) in [4.78, 5) is 1.47. The molecule has 0 radical (unpaired) electrons. The Labute approximate surface area is 108 Å². The molecule has 0 aliphatic rings. The summed E-state index contributed by atoms with van der Waals surface area (Å²) >= 11 is 3.90. The van der Waals surface area contributed by atoms with Gasteiger partial charge < -0.3 is 5.32 Å². The number of nitrogens with one attached hydrogen (secondary N) is 1. The molecule has 0 saturated carbocycles. The summed E-state index contributed by atoms with van der Waals surface area (Å²) in [5.74, 6) is 3.28. The Hall–Kier alpha value is 0.01000. The monoisotopic (exact) mass is 257 g/mol. The molecule has 0 aliphatic carbocycles. The average molecular weight is 257 g/mol. The van der Waals surface area contributed by atoms with Crippen molar-refractivity contribution < 1.29 is 0 Å². The minimum absolute atomic E-state index is 0.602. The minimum Gasteiger partial charge on any atom is -0.309 e. The van der Waals surface area contributed by atoms with Crippen molar-refractivity contribution >= 4 is 23.1 Å². The van der Waals surface area contributed by atoms with Gasteiger partial charge in [-0.3, -0.25) is 0 Å². The molecule has 92 valence electrons. The average Bonchev–Trinajstić information content (AvgIpc) is 2.60. The summed E-state index contributed by atoms with van der Waals surface area (Å²) in [5, 5.41) is 5.76. The van der Waals surface area contributed by atoms with Crippen molar-refractivity contribution in [2.45, 2.75) is 40.3 Å². The first-order chi connectivity index (χ1) is 7.59. The van der Waals surface area contributed by atoms with Crippen LogP contribution in [0.4, 0.5) is 0 Å². The third-order valence-electron chi connectivity index (χ3n) is 2.40. The number of thioether (sulfide) groups is 1. The van der Waals surface area contributed by atoms with Crippen LogP contribution in [0.25, 0.3) is 0 Å². The Balaban J connectivity index is 2.15. The summed E-state index contributed by atoms with van der Waals surface area (Å²) in [7, 11) is 0. The highest BCUT2D eigenvalue weighted by Crippen LogP contribution is 2.15. The Morgan fingerprint density at radius 3 is 2.62 bits per heavy atom. The molecule has 3 heteroatoms. The minimum atomic E-state index is 0.602. The second-order valence-electron chi connectivity index (χ2n) is 4.74. The number of rotatable bonds is 7. The molecule has 1 aromatic heterocycles. The van der Waals surface area contributed by atoms with E-state index in [4.69, 9.17) is 0 Å². The van der Waals surface area contributed by atoms with Crippen LogP contribution in [0, 0.1) is 12.8 Å². The molecule has 0 aliphatic heterocycles. The van der Waals surface area contributed by atoms with Crippen molar-refractivity contribution in [1.82, 2.24) is 5.32 Å². The molecule has 0 saturated heterocycles. The zero-order valence-electron chi connectivity index (χ0n) is 10.7. The Kier molecular flexibility index (Phi) is 6.47. The highest BCUT2D eigenvalue weighted by atomic mass is 32.2. The van der Waals surface area contributed by atoms with E-state index in [1.165, 1.54) is 21.9 Å². The van der Waals surface area contributed by atoms with Crippen LogP contribution in [0.2, 0.25) is 0 Å². The predicted octanol–water partition coefficient (Wildman–Crippen LogP) is 3.92. The van der Waals surface area contributed by atoms with Gasteiger partial charge in [0.15, 0.2) is 0 Å². The maximum atomic E-state index is 3.59. The summed E-state index contributed by atoms with van der Waals surface area (Å²) in [5.41, 5.74) is 1.42. The molecule has 0 amide bonds. The standard InChI is InChI=1S/C13H23NS2/c1-10(2)8-15-9-12(4)14-7-13-11(3)5-6-16-13/h5-6,10,12,14H,7-9H2,1-4H3. The Morgan fingerprint density at radius 1 is 1.31 bits per heavy atom. The maximum absolute atomic E-state index is 3.59. The van der Waals surface area contributed by atoms with E-state index in [0.717, 1.165) is 12.5 Å². The van der Waals surface area contributed by atoms with Crippen molar-refractivity contribution in [1.29, 1.82) is 0 Å². The fraction of sp³-hybridized carbons (Fsp3) is 0.692. The normalized spacial score (nSPS) is 13.3. The summed E-state index contributed by atoms with van der Waals surface area (Å²) in [6.07, 6.45) is 0. The highest BCUT2D eigenvalue weighted by molar-refractivity contribution is 7.99. The zero-order chi connectivity index (χ0) is 12.0. The van der Waals surface area contributed by atoms with Gasteiger partial charge in [-0.15, -0.1) is 11.3 Å². The van der Waals surface area contributed by atoms with Gasteiger partial charge >= 0.3 is 0 Å². The van der Waals surface area contributed by atoms with Gasteiger partial charge in [-0.25, -0.2) is 0 Å². The quantitative estimate of drug-likeness (QED) is 0.794. The lowest BCUT2D eigenvalue weighted by Gasteiger charge is -2.14.